The third kappa shape index (κ3) is 1.07. The van der Waals surface area contributed by atoms with Crippen LogP contribution in [0, 0.1) is 6.92 Å². The minimum atomic E-state index is 0.281. The van der Waals surface area contributed by atoms with E-state index in [2.05, 4.69) is 18.0 Å². The summed E-state index contributed by atoms with van der Waals surface area (Å²) in [6, 6.07) is 2.46. The van der Waals surface area contributed by atoms with E-state index in [0.29, 0.717) is 0 Å². The number of nitrogens with two attached hydrogens (primary N) is 1. The summed E-state index contributed by atoms with van der Waals surface area (Å²) in [5, 5.41) is 0. The number of aromatic amines is 1. The molecule has 11 heavy (non-hydrogen) atoms. The van der Waals surface area contributed by atoms with Crippen LogP contribution in [-0.2, 0) is 6.42 Å². The highest BCUT2D eigenvalue weighted by atomic mass is 14.8. The predicted molar refractivity (Wildman–Crippen MR) is 45.4 cm³/mol. The number of rotatable bonds is 0. The van der Waals surface area contributed by atoms with Crippen LogP contribution in [0.15, 0.2) is 6.07 Å². The van der Waals surface area contributed by atoms with Crippen LogP contribution in [0.3, 0.4) is 0 Å². The summed E-state index contributed by atoms with van der Waals surface area (Å²) in [5.74, 6) is 0. The van der Waals surface area contributed by atoms with E-state index in [1.807, 2.05) is 0 Å². The Morgan fingerprint density at radius 3 is 3.18 bits per heavy atom. The lowest BCUT2D eigenvalue weighted by Gasteiger charge is -2.17. The predicted octanol–water partition coefficient (Wildman–Crippen LogP) is 1.66. The van der Waals surface area contributed by atoms with Crippen molar-refractivity contribution in [2.24, 2.45) is 5.73 Å². The lowest BCUT2D eigenvalue weighted by Crippen LogP contribution is -2.15. The lowest BCUT2D eigenvalue weighted by atomic mass is 9.94. The second kappa shape index (κ2) is 2.38. The van der Waals surface area contributed by atoms with Crippen molar-refractivity contribution in [3.63, 3.8) is 0 Å². The fraction of sp³-hybridized carbons (Fsp3) is 0.556. The van der Waals surface area contributed by atoms with Crippen LogP contribution in [0.1, 0.15) is 35.8 Å². The Bertz CT molecular complexity index is 263. The van der Waals surface area contributed by atoms with E-state index in [1.165, 1.54) is 29.8 Å². The third-order valence-electron chi connectivity index (χ3n) is 2.41. The maximum absolute atomic E-state index is 5.94. The molecule has 2 rings (SSSR count). The van der Waals surface area contributed by atoms with Crippen LogP contribution >= 0.6 is 0 Å². The van der Waals surface area contributed by atoms with Crippen molar-refractivity contribution in [1.82, 2.24) is 4.98 Å². The fourth-order valence-corrected chi connectivity index (χ4v) is 1.86. The number of fused-ring (bicyclic) bond motifs is 1. The SMILES string of the molecule is Cc1cc2c([nH]1)CCCC2N. The topological polar surface area (TPSA) is 41.8 Å². The first-order valence-corrected chi connectivity index (χ1v) is 4.21. The average molecular weight is 150 g/mol. The molecule has 0 amide bonds. The van der Waals surface area contributed by atoms with E-state index in [1.54, 1.807) is 0 Å². The number of nitrogens with one attached hydrogen (secondary N) is 1. The summed E-state index contributed by atoms with van der Waals surface area (Å²) in [4.78, 5) is 3.35. The lowest BCUT2D eigenvalue weighted by molar-refractivity contribution is 0.566. The summed E-state index contributed by atoms with van der Waals surface area (Å²) in [5.41, 5.74) is 9.89. The molecule has 1 aliphatic rings. The molecular weight excluding hydrogens is 136 g/mol. The van der Waals surface area contributed by atoms with Crippen LogP contribution in [0.25, 0.3) is 0 Å². The van der Waals surface area contributed by atoms with Gasteiger partial charge in [0, 0.05) is 17.4 Å². The maximum Gasteiger partial charge on any atom is 0.0312 e. The Hall–Kier alpha value is -0.760. The summed E-state index contributed by atoms with van der Waals surface area (Å²) in [7, 11) is 0. The van der Waals surface area contributed by atoms with Crippen molar-refractivity contribution in [2.45, 2.75) is 32.2 Å². The summed E-state index contributed by atoms with van der Waals surface area (Å²) >= 11 is 0. The van der Waals surface area contributed by atoms with Gasteiger partial charge in [0.25, 0.3) is 0 Å². The van der Waals surface area contributed by atoms with E-state index in [4.69, 9.17) is 5.73 Å². The summed E-state index contributed by atoms with van der Waals surface area (Å²) < 4.78 is 0. The molecule has 1 aromatic rings. The number of aromatic nitrogens is 1. The summed E-state index contributed by atoms with van der Waals surface area (Å²) in [6.45, 7) is 2.09. The molecule has 1 atom stereocenters. The van der Waals surface area contributed by atoms with Crippen molar-refractivity contribution in [1.29, 1.82) is 0 Å². The Kier molecular flexibility index (Phi) is 1.50. The van der Waals surface area contributed by atoms with Crippen LogP contribution in [0.2, 0.25) is 0 Å². The molecule has 0 spiro atoms. The molecule has 1 heterocycles. The zero-order chi connectivity index (χ0) is 7.84. The first kappa shape index (κ1) is 6.92. The molecular formula is C9H14N2. The maximum atomic E-state index is 5.94. The van der Waals surface area contributed by atoms with Gasteiger partial charge in [-0.05, 0) is 37.8 Å². The first-order valence-electron chi connectivity index (χ1n) is 4.21. The Morgan fingerprint density at radius 2 is 2.45 bits per heavy atom. The Labute approximate surface area is 66.8 Å². The summed E-state index contributed by atoms with van der Waals surface area (Å²) in [6.07, 6.45) is 3.55. The molecule has 2 heteroatoms. The zero-order valence-electron chi connectivity index (χ0n) is 6.85. The van der Waals surface area contributed by atoms with Gasteiger partial charge in [0.2, 0.25) is 0 Å². The molecule has 1 aliphatic carbocycles. The molecule has 0 saturated carbocycles. The number of aryl methyl sites for hydroxylation is 2. The van der Waals surface area contributed by atoms with Gasteiger partial charge in [-0.25, -0.2) is 0 Å². The van der Waals surface area contributed by atoms with Crippen molar-refractivity contribution < 1.29 is 0 Å². The molecule has 0 aliphatic heterocycles. The van der Waals surface area contributed by atoms with Crippen LogP contribution < -0.4 is 5.73 Å². The minimum Gasteiger partial charge on any atom is -0.362 e. The van der Waals surface area contributed by atoms with Crippen molar-refractivity contribution >= 4 is 0 Å². The van der Waals surface area contributed by atoms with Gasteiger partial charge in [0.05, 0.1) is 0 Å². The number of H-pyrrole nitrogens is 1. The quantitative estimate of drug-likeness (QED) is 0.580. The molecule has 0 aromatic carbocycles. The Balaban J connectivity index is 2.43. The van der Waals surface area contributed by atoms with Gasteiger partial charge < -0.3 is 10.7 Å². The van der Waals surface area contributed by atoms with Gasteiger partial charge in [-0.15, -0.1) is 0 Å². The highest BCUT2D eigenvalue weighted by Gasteiger charge is 2.17. The van der Waals surface area contributed by atoms with E-state index < -0.39 is 0 Å². The highest BCUT2D eigenvalue weighted by molar-refractivity contribution is 5.30. The standard InChI is InChI=1S/C9H14N2/c1-6-5-7-8(10)3-2-4-9(7)11-6/h5,8,11H,2-4,10H2,1H3. The normalized spacial score (nSPS) is 23.3. The fourth-order valence-electron chi connectivity index (χ4n) is 1.86. The number of hydrogen-bond donors (Lipinski definition) is 2. The van der Waals surface area contributed by atoms with Gasteiger partial charge in [-0.2, -0.15) is 0 Å². The molecule has 0 radical (unpaired) electrons. The van der Waals surface area contributed by atoms with Gasteiger partial charge in [0.1, 0.15) is 0 Å². The smallest absolute Gasteiger partial charge is 0.0312 e. The molecule has 0 saturated heterocycles. The van der Waals surface area contributed by atoms with Crippen molar-refractivity contribution in [2.75, 3.05) is 0 Å². The molecule has 3 N–H and O–H groups in total. The number of hydrogen-bond acceptors (Lipinski definition) is 1. The van der Waals surface area contributed by atoms with E-state index in [-0.39, 0.29) is 6.04 Å². The third-order valence-corrected chi connectivity index (χ3v) is 2.41. The van der Waals surface area contributed by atoms with Crippen LogP contribution in [-0.4, -0.2) is 4.98 Å². The van der Waals surface area contributed by atoms with Gasteiger partial charge in [0.15, 0.2) is 0 Å². The van der Waals surface area contributed by atoms with E-state index >= 15 is 0 Å². The van der Waals surface area contributed by atoms with E-state index in [0.717, 1.165) is 6.42 Å². The molecule has 1 aromatic heterocycles. The average Bonchev–Trinajstić information content (AvgIpc) is 2.31. The molecule has 0 bridgehead atoms. The van der Waals surface area contributed by atoms with Gasteiger partial charge >= 0.3 is 0 Å². The van der Waals surface area contributed by atoms with Crippen LogP contribution in [0.5, 0.6) is 0 Å². The van der Waals surface area contributed by atoms with E-state index in [9.17, 15) is 0 Å². The molecule has 1 unspecified atom stereocenters. The largest absolute Gasteiger partial charge is 0.362 e. The highest BCUT2D eigenvalue weighted by Crippen LogP contribution is 2.27. The zero-order valence-corrected chi connectivity index (χ0v) is 6.85. The van der Waals surface area contributed by atoms with Crippen molar-refractivity contribution in [3.05, 3.63) is 23.0 Å². The Morgan fingerprint density at radius 1 is 1.64 bits per heavy atom. The molecule has 2 nitrogen and oxygen atoms in total. The second-order valence-corrected chi connectivity index (χ2v) is 3.38. The van der Waals surface area contributed by atoms with Crippen molar-refractivity contribution in [3.8, 4) is 0 Å². The monoisotopic (exact) mass is 150 g/mol. The van der Waals surface area contributed by atoms with Gasteiger partial charge in [-0.1, -0.05) is 0 Å². The second-order valence-electron chi connectivity index (χ2n) is 3.38. The molecule has 0 fully saturated rings. The minimum absolute atomic E-state index is 0.281. The van der Waals surface area contributed by atoms with Crippen LogP contribution in [0.4, 0.5) is 0 Å². The first-order chi connectivity index (χ1) is 5.27. The molecule has 60 valence electrons. The van der Waals surface area contributed by atoms with Gasteiger partial charge in [-0.3, -0.25) is 0 Å².